The maximum Gasteiger partial charge on any atom is 0.246 e. The molecule has 0 aliphatic carbocycles. The zero-order valence-electron chi connectivity index (χ0n) is 14.4. The highest BCUT2D eigenvalue weighted by atomic mass is 19.1. The molecule has 0 N–H and O–H groups in total. The largest absolute Gasteiger partial charge is 0.337 e. The van der Waals surface area contributed by atoms with Gasteiger partial charge in [0.05, 0.1) is 11.6 Å². The minimum absolute atomic E-state index is 0.0424. The summed E-state index contributed by atoms with van der Waals surface area (Å²) < 4.78 is 13.0. The topological polar surface area (TPSA) is 47.3 Å². The van der Waals surface area contributed by atoms with E-state index in [1.807, 2.05) is 17.0 Å². The fourth-order valence-electron chi connectivity index (χ4n) is 2.99. The van der Waals surface area contributed by atoms with Crippen molar-refractivity contribution in [3.05, 3.63) is 77.1 Å². The van der Waals surface area contributed by atoms with Gasteiger partial charge in [0.2, 0.25) is 5.91 Å². The van der Waals surface area contributed by atoms with Gasteiger partial charge >= 0.3 is 0 Å². The number of benzene rings is 2. The van der Waals surface area contributed by atoms with E-state index < -0.39 is 0 Å². The molecule has 0 radical (unpaired) electrons. The van der Waals surface area contributed by atoms with E-state index >= 15 is 0 Å². The summed E-state index contributed by atoms with van der Waals surface area (Å²) in [6.07, 6.45) is 3.23. The number of rotatable bonds is 4. The van der Waals surface area contributed by atoms with Crippen molar-refractivity contribution in [3.63, 3.8) is 0 Å². The molecular formula is C21H20FN3O. The summed E-state index contributed by atoms with van der Waals surface area (Å²) in [5.74, 6) is -0.270. The van der Waals surface area contributed by atoms with Gasteiger partial charge in [0, 0.05) is 38.8 Å². The van der Waals surface area contributed by atoms with Crippen LogP contribution in [0.25, 0.3) is 6.08 Å². The summed E-state index contributed by atoms with van der Waals surface area (Å²) in [5.41, 5.74) is 2.37. The molecule has 0 bridgehead atoms. The van der Waals surface area contributed by atoms with E-state index in [0.29, 0.717) is 18.7 Å². The molecule has 1 aliphatic rings. The van der Waals surface area contributed by atoms with Crippen LogP contribution in [0.5, 0.6) is 0 Å². The van der Waals surface area contributed by atoms with Crippen molar-refractivity contribution in [2.75, 3.05) is 26.2 Å². The molecule has 5 heteroatoms. The lowest BCUT2D eigenvalue weighted by molar-refractivity contribution is -0.127. The molecule has 26 heavy (non-hydrogen) atoms. The zero-order valence-corrected chi connectivity index (χ0v) is 14.4. The van der Waals surface area contributed by atoms with Crippen molar-refractivity contribution in [1.82, 2.24) is 9.80 Å². The zero-order chi connectivity index (χ0) is 18.4. The summed E-state index contributed by atoms with van der Waals surface area (Å²) in [5, 5.41) is 9.09. The summed E-state index contributed by atoms with van der Waals surface area (Å²) in [6.45, 7) is 3.64. The SMILES string of the molecule is N#Cc1ccccc1/C=C/C(=O)N1CCN(Cc2ccc(F)cc2)CC1. The lowest BCUT2D eigenvalue weighted by Gasteiger charge is -2.34. The Morgan fingerprint density at radius 3 is 2.46 bits per heavy atom. The van der Waals surface area contributed by atoms with E-state index in [0.717, 1.165) is 30.8 Å². The Morgan fingerprint density at radius 1 is 1.08 bits per heavy atom. The van der Waals surface area contributed by atoms with Crippen LogP contribution < -0.4 is 0 Å². The molecule has 0 unspecified atom stereocenters. The average Bonchev–Trinajstić information content (AvgIpc) is 2.68. The van der Waals surface area contributed by atoms with Crippen molar-refractivity contribution < 1.29 is 9.18 Å². The fraction of sp³-hybridized carbons (Fsp3) is 0.238. The maximum absolute atomic E-state index is 13.0. The quantitative estimate of drug-likeness (QED) is 0.797. The number of carbonyl (C=O) groups is 1. The van der Waals surface area contributed by atoms with Crippen LogP contribution in [0.1, 0.15) is 16.7 Å². The number of nitrogens with zero attached hydrogens (tertiary/aromatic N) is 3. The predicted octanol–water partition coefficient (Wildman–Crippen LogP) is 3.05. The molecule has 132 valence electrons. The second kappa shape index (κ2) is 8.41. The average molecular weight is 349 g/mol. The van der Waals surface area contributed by atoms with Crippen molar-refractivity contribution in [1.29, 1.82) is 5.26 Å². The summed E-state index contributed by atoms with van der Waals surface area (Å²) in [7, 11) is 0. The van der Waals surface area contributed by atoms with E-state index in [4.69, 9.17) is 5.26 Å². The van der Waals surface area contributed by atoms with E-state index in [-0.39, 0.29) is 11.7 Å². The van der Waals surface area contributed by atoms with Crippen molar-refractivity contribution in [3.8, 4) is 6.07 Å². The minimum Gasteiger partial charge on any atom is -0.337 e. The maximum atomic E-state index is 13.0. The van der Waals surface area contributed by atoms with Crippen LogP contribution in [-0.2, 0) is 11.3 Å². The van der Waals surface area contributed by atoms with Crippen LogP contribution in [0.3, 0.4) is 0 Å². The Morgan fingerprint density at radius 2 is 1.77 bits per heavy atom. The van der Waals surface area contributed by atoms with Crippen molar-refractivity contribution in [2.45, 2.75) is 6.54 Å². The van der Waals surface area contributed by atoms with Gasteiger partial charge < -0.3 is 4.90 Å². The molecule has 3 rings (SSSR count). The Labute approximate surface area is 152 Å². The lowest BCUT2D eigenvalue weighted by atomic mass is 10.1. The Balaban J connectivity index is 1.52. The normalized spacial score (nSPS) is 15.2. The molecule has 0 spiro atoms. The van der Waals surface area contributed by atoms with Crippen LogP contribution >= 0.6 is 0 Å². The molecule has 1 fully saturated rings. The van der Waals surface area contributed by atoms with E-state index in [2.05, 4.69) is 11.0 Å². The van der Waals surface area contributed by atoms with E-state index in [9.17, 15) is 9.18 Å². The van der Waals surface area contributed by atoms with Gasteiger partial charge in [-0.1, -0.05) is 30.3 Å². The molecule has 1 aliphatic heterocycles. The fourth-order valence-corrected chi connectivity index (χ4v) is 2.99. The summed E-state index contributed by atoms with van der Waals surface area (Å²) in [4.78, 5) is 16.4. The Kier molecular flexibility index (Phi) is 5.77. The molecule has 0 atom stereocenters. The predicted molar refractivity (Wildman–Crippen MR) is 98.4 cm³/mol. The molecule has 0 aromatic heterocycles. The summed E-state index contributed by atoms with van der Waals surface area (Å²) >= 11 is 0. The summed E-state index contributed by atoms with van der Waals surface area (Å²) in [6, 6.07) is 15.9. The molecule has 1 amide bonds. The van der Waals surface area contributed by atoms with Gasteiger partial charge in [-0.25, -0.2) is 4.39 Å². The third-order valence-corrected chi connectivity index (χ3v) is 4.49. The standard InChI is InChI=1S/C21H20FN3O/c22-20-8-5-17(6-9-20)16-24-11-13-25(14-12-24)21(26)10-7-18-3-1-2-4-19(18)15-23/h1-10H,11-14,16H2/b10-7+. The first-order valence-corrected chi connectivity index (χ1v) is 8.58. The van der Waals surface area contributed by atoms with Crippen molar-refractivity contribution >= 4 is 12.0 Å². The molecule has 2 aromatic carbocycles. The van der Waals surface area contributed by atoms with Crippen LogP contribution in [-0.4, -0.2) is 41.9 Å². The van der Waals surface area contributed by atoms with Crippen LogP contribution in [0, 0.1) is 17.1 Å². The van der Waals surface area contributed by atoms with Gasteiger partial charge in [0.1, 0.15) is 5.82 Å². The monoisotopic (exact) mass is 349 g/mol. The van der Waals surface area contributed by atoms with Gasteiger partial charge in [-0.3, -0.25) is 9.69 Å². The van der Waals surface area contributed by atoms with Crippen LogP contribution in [0.4, 0.5) is 4.39 Å². The second-order valence-electron chi connectivity index (χ2n) is 6.26. The Bertz CT molecular complexity index is 831. The van der Waals surface area contributed by atoms with Gasteiger partial charge in [-0.2, -0.15) is 5.26 Å². The minimum atomic E-state index is -0.228. The second-order valence-corrected chi connectivity index (χ2v) is 6.26. The molecular weight excluding hydrogens is 329 g/mol. The number of hydrogen-bond donors (Lipinski definition) is 0. The molecule has 2 aromatic rings. The lowest BCUT2D eigenvalue weighted by Crippen LogP contribution is -2.47. The van der Waals surface area contributed by atoms with Gasteiger partial charge in [0.15, 0.2) is 0 Å². The molecule has 4 nitrogen and oxygen atoms in total. The first kappa shape index (κ1) is 17.8. The molecule has 0 saturated carbocycles. The first-order chi connectivity index (χ1) is 12.7. The van der Waals surface area contributed by atoms with E-state index in [1.165, 1.54) is 18.2 Å². The van der Waals surface area contributed by atoms with Crippen molar-refractivity contribution in [2.24, 2.45) is 0 Å². The number of piperazine rings is 1. The van der Waals surface area contributed by atoms with Gasteiger partial charge in [-0.05, 0) is 35.4 Å². The highest BCUT2D eigenvalue weighted by Gasteiger charge is 2.19. The number of nitriles is 1. The third kappa shape index (κ3) is 4.56. The van der Waals surface area contributed by atoms with E-state index in [1.54, 1.807) is 30.3 Å². The number of halogens is 1. The van der Waals surface area contributed by atoms with Crippen LogP contribution in [0.2, 0.25) is 0 Å². The molecule has 1 saturated heterocycles. The number of amides is 1. The van der Waals surface area contributed by atoms with Gasteiger partial charge in [0.25, 0.3) is 0 Å². The van der Waals surface area contributed by atoms with Gasteiger partial charge in [-0.15, -0.1) is 0 Å². The smallest absolute Gasteiger partial charge is 0.246 e. The first-order valence-electron chi connectivity index (χ1n) is 8.58. The highest BCUT2D eigenvalue weighted by Crippen LogP contribution is 2.12. The van der Waals surface area contributed by atoms with Crippen LogP contribution in [0.15, 0.2) is 54.6 Å². The number of hydrogen-bond acceptors (Lipinski definition) is 3. The highest BCUT2D eigenvalue weighted by molar-refractivity contribution is 5.92. The Hall–Kier alpha value is -2.97. The molecule has 1 heterocycles. The third-order valence-electron chi connectivity index (χ3n) is 4.49. The number of carbonyl (C=O) groups excluding carboxylic acids is 1.